The molecular formula is C17H18N6OS2. The highest BCUT2D eigenvalue weighted by Crippen LogP contribution is 2.15. The van der Waals surface area contributed by atoms with E-state index in [1.54, 1.807) is 11.3 Å². The van der Waals surface area contributed by atoms with Gasteiger partial charge in [-0.2, -0.15) is 15.0 Å². The van der Waals surface area contributed by atoms with Gasteiger partial charge in [0.1, 0.15) is 5.82 Å². The van der Waals surface area contributed by atoms with Crippen LogP contribution in [0.15, 0.2) is 47.8 Å². The number of amides is 1. The van der Waals surface area contributed by atoms with Crippen LogP contribution in [0.5, 0.6) is 0 Å². The maximum atomic E-state index is 11.9. The van der Waals surface area contributed by atoms with Crippen molar-refractivity contribution in [2.75, 3.05) is 16.8 Å². The molecule has 1 aromatic carbocycles. The van der Waals surface area contributed by atoms with Gasteiger partial charge < -0.3 is 16.4 Å². The third kappa shape index (κ3) is 5.71. The van der Waals surface area contributed by atoms with Crippen LogP contribution >= 0.6 is 23.1 Å². The standard InChI is InChI=1S/C17H18N6OS2/c18-16-21-14(22-17(23-16)20-12-5-2-1-3-6-12)10-25-11-15(24)19-9-13-7-4-8-26-13/h1-8H,9-11H2,(H,19,24)(H3,18,20,21,22,23). The van der Waals surface area contributed by atoms with Gasteiger partial charge >= 0.3 is 0 Å². The van der Waals surface area contributed by atoms with Crippen LogP contribution in [0.25, 0.3) is 0 Å². The van der Waals surface area contributed by atoms with Gasteiger partial charge in [0.25, 0.3) is 0 Å². The SMILES string of the molecule is Nc1nc(CSCC(=O)NCc2cccs2)nc(Nc2ccccc2)n1. The zero-order valence-electron chi connectivity index (χ0n) is 13.9. The van der Waals surface area contributed by atoms with Gasteiger partial charge in [-0.3, -0.25) is 4.79 Å². The fourth-order valence-electron chi connectivity index (χ4n) is 2.09. The number of nitrogen functional groups attached to an aromatic ring is 1. The molecule has 134 valence electrons. The zero-order valence-corrected chi connectivity index (χ0v) is 15.5. The summed E-state index contributed by atoms with van der Waals surface area (Å²) in [5.74, 6) is 1.86. The molecule has 3 rings (SSSR count). The quantitative estimate of drug-likeness (QED) is 0.546. The number of nitrogens with two attached hydrogens (primary N) is 1. The predicted octanol–water partition coefficient (Wildman–Crippen LogP) is 2.81. The average molecular weight is 387 g/mol. The first-order chi connectivity index (χ1) is 12.7. The number of carbonyl (C=O) groups is 1. The summed E-state index contributed by atoms with van der Waals surface area (Å²) in [7, 11) is 0. The first-order valence-electron chi connectivity index (χ1n) is 7.88. The van der Waals surface area contributed by atoms with Crippen LogP contribution in [0.2, 0.25) is 0 Å². The number of rotatable bonds is 8. The summed E-state index contributed by atoms with van der Waals surface area (Å²) in [6.45, 7) is 0.556. The molecule has 0 saturated heterocycles. The monoisotopic (exact) mass is 386 g/mol. The number of nitrogens with zero attached hydrogens (tertiary/aromatic N) is 3. The topological polar surface area (TPSA) is 106 Å². The number of thiophene rings is 1. The molecule has 3 aromatic rings. The van der Waals surface area contributed by atoms with E-state index in [1.807, 2.05) is 47.8 Å². The van der Waals surface area contributed by atoms with Crippen LogP contribution in [0.1, 0.15) is 10.7 Å². The van der Waals surface area contributed by atoms with Gasteiger partial charge in [0.05, 0.1) is 18.1 Å². The number of para-hydroxylation sites is 1. The Bertz CT molecular complexity index is 842. The van der Waals surface area contributed by atoms with E-state index in [0.29, 0.717) is 29.8 Å². The van der Waals surface area contributed by atoms with Gasteiger partial charge in [-0.25, -0.2) is 0 Å². The van der Waals surface area contributed by atoms with Crippen molar-refractivity contribution in [2.45, 2.75) is 12.3 Å². The fourth-order valence-corrected chi connectivity index (χ4v) is 3.44. The lowest BCUT2D eigenvalue weighted by molar-refractivity contribution is -0.118. The number of thioether (sulfide) groups is 1. The Kier molecular flexibility index (Phi) is 6.39. The molecule has 0 aliphatic carbocycles. The largest absolute Gasteiger partial charge is 0.368 e. The molecule has 2 heterocycles. The van der Waals surface area contributed by atoms with E-state index in [2.05, 4.69) is 25.6 Å². The molecule has 2 aromatic heterocycles. The van der Waals surface area contributed by atoms with Crippen molar-refractivity contribution < 1.29 is 4.79 Å². The van der Waals surface area contributed by atoms with Crippen LogP contribution in [-0.4, -0.2) is 26.6 Å². The summed E-state index contributed by atoms with van der Waals surface area (Å²) < 4.78 is 0. The molecule has 0 fully saturated rings. The van der Waals surface area contributed by atoms with Gasteiger partial charge in [-0.1, -0.05) is 24.3 Å². The van der Waals surface area contributed by atoms with Gasteiger partial charge in [-0.05, 0) is 23.6 Å². The average Bonchev–Trinajstić information content (AvgIpc) is 3.14. The number of benzene rings is 1. The molecule has 0 spiro atoms. The van der Waals surface area contributed by atoms with Crippen molar-refractivity contribution in [3.05, 3.63) is 58.5 Å². The highest BCUT2D eigenvalue weighted by molar-refractivity contribution is 7.99. The Morgan fingerprint density at radius 2 is 1.96 bits per heavy atom. The Hall–Kier alpha value is -2.65. The van der Waals surface area contributed by atoms with Crippen molar-refractivity contribution in [1.29, 1.82) is 0 Å². The van der Waals surface area contributed by atoms with E-state index in [-0.39, 0.29) is 11.9 Å². The van der Waals surface area contributed by atoms with Crippen LogP contribution < -0.4 is 16.4 Å². The first-order valence-corrected chi connectivity index (χ1v) is 9.92. The van der Waals surface area contributed by atoms with Crippen molar-refractivity contribution >= 4 is 46.6 Å². The Labute approximate surface area is 159 Å². The summed E-state index contributed by atoms with van der Waals surface area (Å²) >= 11 is 3.05. The van der Waals surface area contributed by atoms with Gasteiger partial charge in [0, 0.05) is 10.6 Å². The number of hydrogen-bond donors (Lipinski definition) is 3. The minimum atomic E-state index is -0.0203. The van der Waals surface area contributed by atoms with Crippen molar-refractivity contribution in [2.24, 2.45) is 0 Å². The number of anilines is 3. The summed E-state index contributed by atoms with van der Waals surface area (Å²) in [5, 5.41) is 7.97. The normalized spacial score (nSPS) is 10.5. The Balaban J connectivity index is 1.49. The lowest BCUT2D eigenvalue weighted by atomic mass is 10.3. The molecule has 0 aliphatic heterocycles. The van der Waals surface area contributed by atoms with Gasteiger partial charge in [0.15, 0.2) is 0 Å². The zero-order chi connectivity index (χ0) is 18.2. The molecule has 0 saturated carbocycles. The van der Waals surface area contributed by atoms with Crippen molar-refractivity contribution in [3.8, 4) is 0 Å². The summed E-state index contributed by atoms with van der Waals surface area (Å²) in [5.41, 5.74) is 6.62. The highest BCUT2D eigenvalue weighted by atomic mass is 32.2. The number of aromatic nitrogens is 3. The molecule has 0 radical (unpaired) electrons. The third-order valence-electron chi connectivity index (χ3n) is 3.23. The molecule has 9 heteroatoms. The van der Waals surface area contributed by atoms with Crippen LogP contribution in [-0.2, 0) is 17.1 Å². The lowest BCUT2D eigenvalue weighted by Gasteiger charge is -2.07. The van der Waals surface area contributed by atoms with E-state index in [0.717, 1.165) is 10.6 Å². The molecule has 0 bridgehead atoms. The lowest BCUT2D eigenvalue weighted by Crippen LogP contribution is -2.24. The maximum Gasteiger partial charge on any atom is 0.232 e. The minimum Gasteiger partial charge on any atom is -0.368 e. The molecule has 0 aliphatic rings. The second kappa shape index (κ2) is 9.16. The van der Waals surface area contributed by atoms with Crippen LogP contribution in [0, 0.1) is 0 Å². The molecule has 0 atom stereocenters. The van der Waals surface area contributed by atoms with Gasteiger partial charge in [0.2, 0.25) is 17.8 Å². The molecular weight excluding hydrogens is 368 g/mol. The van der Waals surface area contributed by atoms with E-state index >= 15 is 0 Å². The van der Waals surface area contributed by atoms with E-state index in [4.69, 9.17) is 5.73 Å². The van der Waals surface area contributed by atoms with Gasteiger partial charge in [-0.15, -0.1) is 23.1 Å². The summed E-state index contributed by atoms with van der Waals surface area (Å²) in [6.07, 6.45) is 0. The number of carbonyl (C=O) groups excluding carboxylic acids is 1. The fraction of sp³-hybridized carbons (Fsp3) is 0.176. The molecule has 4 N–H and O–H groups in total. The van der Waals surface area contributed by atoms with E-state index in [1.165, 1.54) is 11.8 Å². The van der Waals surface area contributed by atoms with Crippen molar-refractivity contribution in [3.63, 3.8) is 0 Å². The maximum absolute atomic E-state index is 11.9. The minimum absolute atomic E-state index is 0.0203. The van der Waals surface area contributed by atoms with Crippen molar-refractivity contribution in [1.82, 2.24) is 20.3 Å². The summed E-state index contributed by atoms with van der Waals surface area (Å²) in [4.78, 5) is 25.6. The Morgan fingerprint density at radius 1 is 1.12 bits per heavy atom. The second-order valence-corrected chi connectivity index (χ2v) is 7.29. The van der Waals surface area contributed by atoms with Crippen LogP contribution in [0.3, 0.4) is 0 Å². The predicted molar refractivity (Wildman–Crippen MR) is 106 cm³/mol. The number of nitrogens with one attached hydrogen (secondary N) is 2. The van der Waals surface area contributed by atoms with Crippen LogP contribution in [0.4, 0.5) is 17.6 Å². The Morgan fingerprint density at radius 3 is 2.73 bits per heavy atom. The summed E-state index contributed by atoms with van der Waals surface area (Å²) in [6, 6.07) is 13.5. The second-order valence-electron chi connectivity index (χ2n) is 5.27. The van der Waals surface area contributed by atoms with E-state index in [9.17, 15) is 4.79 Å². The van der Waals surface area contributed by atoms with E-state index < -0.39 is 0 Å². The first kappa shape index (κ1) is 18.2. The highest BCUT2D eigenvalue weighted by Gasteiger charge is 2.07. The number of hydrogen-bond acceptors (Lipinski definition) is 8. The molecule has 1 amide bonds. The molecule has 0 unspecified atom stereocenters. The smallest absolute Gasteiger partial charge is 0.232 e. The molecule has 26 heavy (non-hydrogen) atoms. The molecule has 7 nitrogen and oxygen atoms in total. The third-order valence-corrected chi connectivity index (χ3v) is 5.04.